The zero-order chi connectivity index (χ0) is 27.7. The third-order valence-electron chi connectivity index (χ3n) is 8.60. The summed E-state index contributed by atoms with van der Waals surface area (Å²) in [5.74, 6) is 0.902. The molecule has 2 amide bonds. The molecule has 1 aliphatic heterocycles. The second-order valence-electron chi connectivity index (χ2n) is 11.2. The number of nitrogens with two attached hydrogens (primary N) is 1. The van der Waals surface area contributed by atoms with Gasteiger partial charge < -0.3 is 21.3 Å². The van der Waals surface area contributed by atoms with E-state index in [1.807, 2.05) is 12.1 Å². The Hall–Kier alpha value is -3.13. The Morgan fingerprint density at radius 1 is 1.10 bits per heavy atom. The van der Waals surface area contributed by atoms with Gasteiger partial charge in [0.25, 0.3) is 11.8 Å². The first-order chi connectivity index (χ1) is 18.8. The number of Topliss-reactive ketones (excluding diaryl/α,β-unsaturated/α-hetero) is 1. The van der Waals surface area contributed by atoms with E-state index in [0.717, 1.165) is 63.7 Å². The van der Waals surface area contributed by atoms with Gasteiger partial charge in [0, 0.05) is 48.0 Å². The van der Waals surface area contributed by atoms with E-state index in [0.29, 0.717) is 22.7 Å². The summed E-state index contributed by atoms with van der Waals surface area (Å²) in [6, 6.07) is 7.46. The molecule has 1 aromatic carbocycles. The van der Waals surface area contributed by atoms with Crippen molar-refractivity contribution in [2.75, 3.05) is 16.8 Å². The number of nitrogens with zero attached hydrogens (tertiary/aromatic N) is 2. The number of carbonyl (C=O) groups is 3. The Morgan fingerprint density at radius 3 is 2.51 bits per heavy atom. The van der Waals surface area contributed by atoms with Crippen LogP contribution in [0.1, 0.15) is 96.3 Å². The topological polar surface area (TPSA) is 117 Å². The van der Waals surface area contributed by atoms with Crippen LogP contribution in [0, 0.1) is 11.8 Å². The van der Waals surface area contributed by atoms with Crippen LogP contribution in [0.3, 0.4) is 0 Å². The molecule has 2 saturated carbocycles. The normalized spacial score (nSPS) is 22.5. The van der Waals surface area contributed by atoms with Gasteiger partial charge in [-0.25, -0.2) is 4.98 Å². The van der Waals surface area contributed by atoms with Gasteiger partial charge in [-0.2, -0.15) is 0 Å². The van der Waals surface area contributed by atoms with Crippen LogP contribution in [0.25, 0.3) is 0 Å². The summed E-state index contributed by atoms with van der Waals surface area (Å²) in [6.07, 6.45) is 9.32. The molecule has 3 aliphatic rings. The summed E-state index contributed by atoms with van der Waals surface area (Å²) < 4.78 is 0. The van der Waals surface area contributed by atoms with Crippen LogP contribution in [-0.2, 0) is 0 Å². The number of pyridine rings is 1. The highest BCUT2D eigenvalue weighted by molar-refractivity contribution is 6.34. The maximum Gasteiger partial charge on any atom is 0.253 e. The van der Waals surface area contributed by atoms with Crippen molar-refractivity contribution in [3.05, 3.63) is 52.2 Å². The predicted octanol–water partition coefficient (Wildman–Crippen LogP) is 5.20. The number of hydrogen-bond donors (Lipinski definition) is 3. The molecule has 2 aliphatic carbocycles. The molecule has 0 bridgehead atoms. The number of halogens is 1. The summed E-state index contributed by atoms with van der Waals surface area (Å²) >= 11 is 6.48. The fraction of sp³-hybridized carbons (Fsp3) is 0.533. The highest BCUT2D eigenvalue weighted by atomic mass is 35.5. The Balaban J connectivity index is 1.29. The number of fused-ring (bicyclic) bond motifs is 1. The molecule has 2 aromatic rings. The third-order valence-corrected chi connectivity index (χ3v) is 8.92. The minimum absolute atomic E-state index is 0.00569. The Kier molecular flexibility index (Phi) is 8.12. The largest absolute Gasteiger partial charge is 0.382 e. The molecule has 2 heterocycles. The van der Waals surface area contributed by atoms with Crippen molar-refractivity contribution < 1.29 is 14.4 Å². The Bertz CT molecular complexity index is 1240. The highest BCUT2D eigenvalue weighted by Gasteiger charge is 2.41. The first-order valence-electron chi connectivity index (χ1n) is 14.3. The number of rotatable bonds is 10. The van der Waals surface area contributed by atoms with Gasteiger partial charge in [0.1, 0.15) is 5.82 Å². The molecule has 1 saturated heterocycles. The number of nitrogens with one attached hydrogen (secondary N) is 2. The van der Waals surface area contributed by atoms with E-state index in [4.69, 9.17) is 17.3 Å². The summed E-state index contributed by atoms with van der Waals surface area (Å²) in [6.45, 7) is 5.04. The first-order valence-corrected chi connectivity index (χ1v) is 14.6. The number of ketones is 1. The molecule has 39 heavy (non-hydrogen) atoms. The Labute approximate surface area is 235 Å². The molecule has 1 aromatic heterocycles. The van der Waals surface area contributed by atoms with Crippen LogP contribution >= 0.6 is 11.6 Å². The molecular formula is C30H38ClN5O3. The van der Waals surface area contributed by atoms with Crippen LogP contribution in [-0.4, -0.2) is 47.3 Å². The maximum absolute atomic E-state index is 13.4. The van der Waals surface area contributed by atoms with Crippen molar-refractivity contribution in [1.82, 2.24) is 10.3 Å². The second-order valence-corrected chi connectivity index (χ2v) is 11.7. The lowest BCUT2D eigenvalue weighted by atomic mass is 9.92. The fourth-order valence-electron chi connectivity index (χ4n) is 6.22. The lowest BCUT2D eigenvalue weighted by Crippen LogP contribution is -2.43. The quantitative estimate of drug-likeness (QED) is 0.349. The number of benzene rings is 1. The summed E-state index contributed by atoms with van der Waals surface area (Å²) in [7, 11) is 0. The van der Waals surface area contributed by atoms with E-state index in [1.54, 1.807) is 12.3 Å². The number of primary amides is 1. The molecule has 3 atom stereocenters. The molecule has 5 rings (SSSR count). The van der Waals surface area contributed by atoms with Gasteiger partial charge in [-0.15, -0.1) is 0 Å². The smallest absolute Gasteiger partial charge is 0.253 e. The van der Waals surface area contributed by atoms with Crippen molar-refractivity contribution in [1.29, 1.82) is 0 Å². The van der Waals surface area contributed by atoms with Crippen LogP contribution in [0.4, 0.5) is 11.5 Å². The minimum atomic E-state index is -0.587. The average molecular weight is 552 g/mol. The SMILES string of the molecule is CCC(CC)Nc1cc(C(=O)NC2CC3CCCN(c4ccc(C(=O)C5CC5)cn4)C3C2)c(Cl)cc1C(N)=O. The van der Waals surface area contributed by atoms with E-state index in [9.17, 15) is 14.4 Å². The van der Waals surface area contributed by atoms with Gasteiger partial charge in [0.2, 0.25) is 0 Å². The summed E-state index contributed by atoms with van der Waals surface area (Å²) in [5, 5.41) is 6.77. The molecule has 4 N–H and O–H groups in total. The van der Waals surface area contributed by atoms with E-state index in [2.05, 4.69) is 34.4 Å². The van der Waals surface area contributed by atoms with Crippen molar-refractivity contribution in [3.63, 3.8) is 0 Å². The van der Waals surface area contributed by atoms with E-state index in [1.165, 1.54) is 6.07 Å². The molecule has 3 fully saturated rings. The first kappa shape index (κ1) is 27.4. The Morgan fingerprint density at radius 2 is 1.87 bits per heavy atom. The second kappa shape index (κ2) is 11.5. The monoisotopic (exact) mass is 551 g/mol. The molecule has 3 unspecified atom stereocenters. The molecule has 8 nitrogen and oxygen atoms in total. The molecule has 0 radical (unpaired) electrons. The van der Waals surface area contributed by atoms with Gasteiger partial charge in [-0.1, -0.05) is 25.4 Å². The lowest BCUT2D eigenvalue weighted by molar-refractivity contribution is 0.0933. The summed E-state index contributed by atoms with van der Waals surface area (Å²) in [5.41, 5.74) is 7.45. The maximum atomic E-state index is 13.4. The van der Waals surface area contributed by atoms with Crippen LogP contribution < -0.4 is 21.3 Å². The minimum Gasteiger partial charge on any atom is -0.382 e. The van der Waals surface area contributed by atoms with Crippen LogP contribution in [0.15, 0.2) is 30.5 Å². The van der Waals surface area contributed by atoms with Gasteiger partial charge in [0.05, 0.1) is 16.1 Å². The van der Waals surface area contributed by atoms with Gasteiger partial charge in [-0.05, 0) is 81.5 Å². The van der Waals surface area contributed by atoms with Crippen molar-refractivity contribution in [2.45, 2.75) is 83.3 Å². The zero-order valence-corrected chi connectivity index (χ0v) is 23.5. The number of anilines is 2. The van der Waals surface area contributed by atoms with Gasteiger partial charge in [-0.3, -0.25) is 14.4 Å². The van der Waals surface area contributed by atoms with Crippen LogP contribution in [0.2, 0.25) is 5.02 Å². The number of carbonyl (C=O) groups excluding carboxylic acids is 3. The molecular weight excluding hydrogens is 514 g/mol. The van der Waals surface area contributed by atoms with Gasteiger partial charge >= 0.3 is 0 Å². The van der Waals surface area contributed by atoms with Crippen molar-refractivity contribution >= 4 is 40.7 Å². The predicted molar refractivity (Wildman–Crippen MR) is 154 cm³/mol. The fourth-order valence-corrected chi connectivity index (χ4v) is 6.47. The van der Waals surface area contributed by atoms with Crippen molar-refractivity contribution in [2.24, 2.45) is 17.6 Å². The summed E-state index contributed by atoms with van der Waals surface area (Å²) in [4.78, 5) is 44.9. The number of aromatic nitrogens is 1. The molecule has 0 spiro atoms. The lowest BCUT2D eigenvalue weighted by Gasteiger charge is -2.38. The van der Waals surface area contributed by atoms with Crippen molar-refractivity contribution in [3.8, 4) is 0 Å². The standard InChI is InChI=1S/C30H38ClN5O3/c1-3-20(4-2)34-25-15-22(24(31)14-23(25)29(32)38)30(39)35-21-12-18-6-5-11-36(26(18)13-21)27-10-9-19(16-33-27)28(37)17-7-8-17/h9-10,14-18,20-21,26,34H,3-8,11-13H2,1-2H3,(H2,32,38)(H,35,39). The molecule has 208 valence electrons. The third kappa shape index (κ3) is 5.91. The van der Waals surface area contributed by atoms with Gasteiger partial charge in [0.15, 0.2) is 5.78 Å². The van der Waals surface area contributed by atoms with E-state index in [-0.39, 0.29) is 46.3 Å². The number of hydrogen-bond acceptors (Lipinski definition) is 6. The number of amides is 2. The van der Waals surface area contributed by atoms with Crippen LogP contribution in [0.5, 0.6) is 0 Å². The number of piperidine rings is 1. The average Bonchev–Trinajstić information content (AvgIpc) is 3.70. The molecule has 9 heteroatoms. The van der Waals surface area contributed by atoms with E-state index < -0.39 is 5.91 Å². The highest BCUT2D eigenvalue weighted by Crippen LogP contribution is 2.39. The van der Waals surface area contributed by atoms with E-state index >= 15 is 0 Å². The zero-order valence-electron chi connectivity index (χ0n) is 22.7.